The Morgan fingerprint density at radius 2 is 1.73 bits per heavy atom. The minimum Gasteiger partial charge on any atom is -0.493 e. The molecule has 2 atom stereocenters. The van der Waals surface area contributed by atoms with E-state index >= 15 is 0 Å². The molecule has 0 radical (unpaired) electrons. The number of hydrogen-bond donors (Lipinski definition) is 3. The number of anilines is 1. The van der Waals surface area contributed by atoms with Crippen LogP contribution in [0.2, 0.25) is 5.02 Å². The number of allylic oxidation sites excluding steroid dienone is 1. The van der Waals surface area contributed by atoms with Crippen LogP contribution in [-0.2, 0) is 5.41 Å². The topological polar surface area (TPSA) is 81.8 Å². The average molecular weight is 466 g/mol. The molecule has 172 valence electrons. The van der Waals surface area contributed by atoms with Crippen molar-refractivity contribution in [3.05, 3.63) is 82.1 Å². The molecule has 1 fully saturated rings. The fraction of sp³-hybridized carbons (Fsp3) is 0.346. The van der Waals surface area contributed by atoms with E-state index in [0.717, 1.165) is 22.6 Å². The molecule has 2 heterocycles. The van der Waals surface area contributed by atoms with Crippen LogP contribution in [0.5, 0.6) is 5.88 Å². The summed E-state index contributed by atoms with van der Waals surface area (Å²) in [6, 6.07) is 15.2. The van der Waals surface area contributed by atoms with Crippen LogP contribution in [0, 0.1) is 12.8 Å². The third-order valence-electron chi connectivity index (χ3n) is 7.29. The summed E-state index contributed by atoms with van der Waals surface area (Å²) in [5.41, 5.74) is 4.65. The Labute approximate surface area is 198 Å². The van der Waals surface area contributed by atoms with Crippen LogP contribution in [-0.4, -0.2) is 44.4 Å². The van der Waals surface area contributed by atoms with E-state index in [4.69, 9.17) is 11.6 Å². The van der Waals surface area contributed by atoms with E-state index in [0.29, 0.717) is 16.3 Å². The van der Waals surface area contributed by atoms with E-state index in [1.165, 1.54) is 4.68 Å². The zero-order valence-corrected chi connectivity index (χ0v) is 19.8. The fourth-order valence-electron chi connectivity index (χ4n) is 5.43. The van der Waals surface area contributed by atoms with E-state index in [-0.39, 0.29) is 11.3 Å². The number of aromatic nitrogens is 2. The monoisotopic (exact) mass is 465 g/mol. The number of nitrogens with zero attached hydrogens (tertiary/aromatic N) is 3. The number of aryl methyl sites for hydroxylation is 1. The Hall–Kier alpha value is -2.80. The number of hydrogen-bond acceptors (Lipinski definition) is 5. The zero-order valence-electron chi connectivity index (χ0n) is 19.1. The highest BCUT2D eigenvalue weighted by Gasteiger charge is 2.52. The summed E-state index contributed by atoms with van der Waals surface area (Å²) in [5, 5.41) is 38.3. The predicted octanol–water partition coefficient (Wildman–Crippen LogP) is 4.29. The number of aliphatic hydroxyl groups excluding tert-OH is 2. The lowest BCUT2D eigenvalue weighted by Crippen LogP contribution is -2.53. The smallest absolute Gasteiger partial charge is 0.218 e. The van der Waals surface area contributed by atoms with Gasteiger partial charge in [0.2, 0.25) is 5.88 Å². The van der Waals surface area contributed by atoms with Crippen molar-refractivity contribution in [2.45, 2.75) is 44.3 Å². The molecule has 0 amide bonds. The summed E-state index contributed by atoms with van der Waals surface area (Å²) in [7, 11) is 1.99. The van der Waals surface area contributed by atoms with E-state index < -0.39 is 24.0 Å². The molecule has 3 N–H and O–H groups in total. The SMILES string of the molecule is Cc1nn(-c2ccccc2)c(O)c1C1C(O)C(C=C2N(C)c3ccc(Cl)cc3C2(C)C)C1O. The lowest BCUT2D eigenvalue weighted by Gasteiger charge is -2.46. The molecule has 1 aromatic heterocycles. The quantitative estimate of drug-likeness (QED) is 0.537. The summed E-state index contributed by atoms with van der Waals surface area (Å²) >= 11 is 6.25. The van der Waals surface area contributed by atoms with Crippen LogP contribution in [0.4, 0.5) is 5.69 Å². The largest absolute Gasteiger partial charge is 0.493 e. The minimum absolute atomic E-state index is 0.0479. The van der Waals surface area contributed by atoms with Gasteiger partial charge in [-0.15, -0.1) is 0 Å². The molecule has 1 aliphatic carbocycles. The van der Waals surface area contributed by atoms with Crippen molar-refractivity contribution in [1.82, 2.24) is 9.78 Å². The highest BCUT2D eigenvalue weighted by molar-refractivity contribution is 6.30. The van der Waals surface area contributed by atoms with Crippen molar-refractivity contribution in [1.29, 1.82) is 0 Å². The molecule has 2 aromatic carbocycles. The van der Waals surface area contributed by atoms with Gasteiger partial charge in [0, 0.05) is 46.3 Å². The van der Waals surface area contributed by atoms with Crippen molar-refractivity contribution in [3.8, 4) is 11.6 Å². The Bertz CT molecular complexity index is 1240. The van der Waals surface area contributed by atoms with Gasteiger partial charge in [0.1, 0.15) is 0 Å². The van der Waals surface area contributed by atoms with Crippen LogP contribution in [0.25, 0.3) is 5.69 Å². The number of aliphatic hydroxyl groups is 2. The van der Waals surface area contributed by atoms with Crippen molar-refractivity contribution in [3.63, 3.8) is 0 Å². The van der Waals surface area contributed by atoms with Crippen LogP contribution in [0.1, 0.15) is 36.6 Å². The first-order chi connectivity index (χ1) is 15.6. The molecular weight excluding hydrogens is 438 g/mol. The second kappa shape index (κ2) is 7.62. The molecule has 1 aliphatic heterocycles. The fourth-order valence-corrected chi connectivity index (χ4v) is 5.61. The molecule has 6 nitrogen and oxygen atoms in total. The molecule has 33 heavy (non-hydrogen) atoms. The minimum atomic E-state index is -0.845. The van der Waals surface area contributed by atoms with Gasteiger partial charge in [-0.3, -0.25) is 0 Å². The maximum absolute atomic E-state index is 11.1. The third kappa shape index (κ3) is 3.20. The molecule has 3 aromatic rings. The van der Waals surface area contributed by atoms with Crippen molar-refractivity contribution in [2.75, 3.05) is 11.9 Å². The van der Waals surface area contributed by atoms with Gasteiger partial charge in [-0.1, -0.05) is 49.7 Å². The molecule has 2 unspecified atom stereocenters. The van der Waals surface area contributed by atoms with E-state index in [2.05, 4.69) is 23.8 Å². The maximum Gasteiger partial charge on any atom is 0.218 e. The van der Waals surface area contributed by atoms with E-state index in [9.17, 15) is 15.3 Å². The van der Waals surface area contributed by atoms with Crippen molar-refractivity contribution < 1.29 is 15.3 Å². The van der Waals surface area contributed by atoms with Crippen LogP contribution in [0.3, 0.4) is 0 Å². The molecule has 0 bridgehead atoms. The second-order valence-electron chi connectivity index (χ2n) is 9.55. The normalized spacial score (nSPS) is 27.0. The molecule has 2 aliphatic rings. The van der Waals surface area contributed by atoms with Crippen LogP contribution >= 0.6 is 11.6 Å². The zero-order chi connectivity index (χ0) is 23.7. The van der Waals surface area contributed by atoms with Crippen LogP contribution < -0.4 is 4.90 Å². The molecule has 1 saturated carbocycles. The molecular formula is C26H28ClN3O3. The summed E-state index contributed by atoms with van der Waals surface area (Å²) in [4.78, 5) is 2.09. The number of likely N-dealkylation sites (N-methyl/N-ethyl adjacent to an activating group) is 1. The van der Waals surface area contributed by atoms with Gasteiger partial charge in [0.25, 0.3) is 0 Å². The highest BCUT2D eigenvalue weighted by Crippen LogP contribution is 2.52. The van der Waals surface area contributed by atoms with Gasteiger partial charge in [0.05, 0.1) is 23.6 Å². The summed E-state index contributed by atoms with van der Waals surface area (Å²) < 4.78 is 1.45. The Morgan fingerprint density at radius 1 is 1.06 bits per heavy atom. The summed E-state index contributed by atoms with van der Waals surface area (Å²) in [6.07, 6.45) is 0.275. The number of benzene rings is 2. The second-order valence-corrected chi connectivity index (χ2v) is 9.99. The number of halogens is 1. The average Bonchev–Trinajstić information content (AvgIpc) is 3.17. The molecule has 0 saturated heterocycles. The van der Waals surface area contributed by atoms with Gasteiger partial charge < -0.3 is 20.2 Å². The lowest BCUT2D eigenvalue weighted by atomic mass is 9.64. The molecule has 7 heteroatoms. The summed E-state index contributed by atoms with van der Waals surface area (Å²) in [5.74, 6) is -1.13. The third-order valence-corrected chi connectivity index (χ3v) is 7.52. The Morgan fingerprint density at radius 3 is 2.39 bits per heavy atom. The van der Waals surface area contributed by atoms with Crippen molar-refractivity contribution in [2.24, 2.45) is 5.92 Å². The van der Waals surface area contributed by atoms with E-state index in [1.807, 2.05) is 61.7 Å². The first-order valence-electron chi connectivity index (χ1n) is 11.1. The Kier molecular flexibility index (Phi) is 5.08. The number of fused-ring (bicyclic) bond motifs is 1. The van der Waals surface area contributed by atoms with Gasteiger partial charge in [0.15, 0.2) is 0 Å². The molecule has 5 rings (SSSR count). The Balaban J connectivity index is 1.46. The first kappa shape index (κ1) is 22.0. The van der Waals surface area contributed by atoms with E-state index in [1.54, 1.807) is 6.92 Å². The van der Waals surface area contributed by atoms with Crippen LogP contribution in [0.15, 0.2) is 60.3 Å². The number of aromatic hydroxyl groups is 1. The van der Waals surface area contributed by atoms with Crippen molar-refractivity contribution >= 4 is 17.3 Å². The molecule has 0 spiro atoms. The number of rotatable bonds is 3. The lowest BCUT2D eigenvalue weighted by molar-refractivity contribution is -0.0955. The predicted molar refractivity (Wildman–Crippen MR) is 129 cm³/mol. The highest BCUT2D eigenvalue weighted by atomic mass is 35.5. The van der Waals surface area contributed by atoms with Gasteiger partial charge >= 0.3 is 0 Å². The standard InChI is InChI=1S/C26H28ClN3O3/c1-14-21(25(33)30(28-14)16-8-6-5-7-9-16)22-23(31)17(24(22)32)13-20-26(2,3)18-12-15(27)10-11-19(18)29(20)4/h5-13,17,22-24,31-33H,1-4H3. The first-order valence-corrected chi connectivity index (χ1v) is 11.5. The summed E-state index contributed by atoms with van der Waals surface area (Å²) in [6.45, 7) is 6.02. The maximum atomic E-state index is 11.1. The van der Waals surface area contributed by atoms with Gasteiger partial charge in [-0.25, -0.2) is 4.68 Å². The van der Waals surface area contributed by atoms with Gasteiger partial charge in [-0.2, -0.15) is 5.10 Å². The number of para-hydroxylation sites is 1. The van der Waals surface area contributed by atoms with Gasteiger partial charge in [-0.05, 0) is 42.8 Å².